The lowest BCUT2D eigenvalue weighted by atomic mass is 10.2. The first-order chi connectivity index (χ1) is 17.3. The summed E-state index contributed by atoms with van der Waals surface area (Å²) in [5.41, 5.74) is 1.12. The highest BCUT2D eigenvalue weighted by molar-refractivity contribution is 8.77. The lowest BCUT2D eigenvalue weighted by Crippen LogP contribution is -2.39. The van der Waals surface area contributed by atoms with E-state index in [0.717, 1.165) is 12.8 Å². The van der Waals surface area contributed by atoms with Gasteiger partial charge < -0.3 is 20.8 Å². The van der Waals surface area contributed by atoms with Gasteiger partial charge in [0.05, 0.1) is 34.0 Å². The Labute approximate surface area is 215 Å². The number of carbonyl (C=O) groups is 4. The molecule has 190 valence electrons. The summed E-state index contributed by atoms with van der Waals surface area (Å²) in [7, 11) is 3.25. The molecule has 2 amide bonds. The number of carboxylic acids is 2. The van der Waals surface area contributed by atoms with Gasteiger partial charge in [0.25, 0.3) is 0 Å². The molecule has 6 N–H and O–H groups in total. The summed E-state index contributed by atoms with van der Waals surface area (Å²) in [4.78, 5) is 47.4. The summed E-state index contributed by atoms with van der Waals surface area (Å²) in [5, 5.41) is 30.5. The molecule has 0 spiro atoms. The normalized spacial score (nSPS) is 23.2. The van der Waals surface area contributed by atoms with E-state index in [2.05, 4.69) is 21.3 Å². The minimum Gasteiger partial charge on any atom is -0.478 e. The molecule has 2 aliphatic rings. The number of hydrogen-bond donors (Lipinski definition) is 6. The fourth-order valence-corrected chi connectivity index (χ4v) is 6.92. The molecule has 2 heterocycles. The number of aromatic carboxylic acids is 2. The number of anilines is 2. The Bertz CT molecular complexity index is 1070. The predicted octanol–water partition coefficient (Wildman–Crippen LogP) is 3.20. The fourth-order valence-electron chi connectivity index (χ4n) is 4.04. The van der Waals surface area contributed by atoms with Gasteiger partial charge in [-0.05, 0) is 62.1 Å². The number of benzene rings is 2. The molecule has 0 saturated carbocycles. The van der Waals surface area contributed by atoms with E-state index in [-0.39, 0.29) is 45.8 Å². The summed E-state index contributed by atoms with van der Waals surface area (Å²) in [6.07, 6.45) is 2.95. The zero-order chi connectivity index (χ0) is 25.7. The second kappa shape index (κ2) is 11.8. The van der Waals surface area contributed by atoms with Crippen LogP contribution in [-0.4, -0.2) is 56.8 Å². The lowest BCUT2D eigenvalue weighted by Gasteiger charge is -2.17. The molecule has 0 bridgehead atoms. The Balaban J connectivity index is 1.19. The summed E-state index contributed by atoms with van der Waals surface area (Å²) in [6, 6.07) is 11.6. The van der Waals surface area contributed by atoms with Crippen LogP contribution in [0.5, 0.6) is 0 Å². The maximum Gasteiger partial charge on any atom is 0.335 e. The van der Waals surface area contributed by atoms with Crippen molar-refractivity contribution in [2.45, 2.75) is 48.5 Å². The Hall–Kier alpha value is -3.06. The Morgan fingerprint density at radius 3 is 1.50 bits per heavy atom. The van der Waals surface area contributed by atoms with Gasteiger partial charge in [0.15, 0.2) is 0 Å². The van der Waals surface area contributed by atoms with Gasteiger partial charge in [0.1, 0.15) is 0 Å². The van der Waals surface area contributed by atoms with Gasteiger partial charge in [-0.3, -0.25) is 20.2 Å². The topological polar surface area (TPSA) is 157 Å². The van der Waals surface area contributed by atoms with Gasteiger partial charge in [-0.1, -0.05) is 33.7 Å². The minimum atomic E-state index is -1.05. The van der Waals surface area contributed by atoms with Gasteiger partial charge in [-0.25, -0.2) is 9.59 Å². The standard InChI is InChI=1S/C24H26N4O6S2/c29-21(25-15-5-1-3-13(11-15)23(31)32)17-7-9-19(27-17)35-36-20-10-8-18(28-20)22(30)26-16-6-2-4-14(12-16)24(33)34/h1-6,11-12,17-20,27-28H,7-10H2,(H,25,29)(H,26,30)(H,31,32)(H,33,34)/t17-,18+,19-,20+. The highest BCUT2D eigenvalue weighted by atomic mass is 33.1. The van der Waals surface area contributed by atoms with E-state index < -0.39 is 11.9 Å². The number of nitrogens with one attached hydrogen (secondary N) is 4. The smallest absolute Gasteiger partial charge is 0.335 e. The van der Waals surface area contributed by atoms with Crippen LogP contribution in [0.2, 0.25) is 0 Å². The van der Waals surface area contributed by atoms with E-state index in [9.17, 15) is 19.2 Å². The average Bonchev–Trinajstić information content (AvgIpc) is 3.53. The predicted molar refractivity (Wildman–Crippen MR) is 139 cm³/mol. The van der Waals surface area contributed by atoms with Gasteiger partial charge in [-0.2, -0.15) is 0 Å². The molecule has 2 aliphatic heterocycles. The van der Waals surface area contributed by atoms with Crippen molar-refractivity contribution >= 4 is 56.7 Å². The molecule has 12 heteroatoms. The monoisotopic (exact) mass is 530 g/mol. The van der Waals surface area contributed by atoms with Crippen LogP contribution in [-0.2, 0) is 9.59 Å². The van der Waals surface area contributed by atoms with Crippen molar-refractivity contribution in [2.24, 2.45) is 0 Å². The highest BCUT2D eigenvalue weighted by Crippen LogP contribution is 2.38. The second-order valence-electron chi connectivity index (χ2n) is 8.51. The van der Waals surface area contributed by atoms with E-state index in [4.69, 9.17) is 10.2 Å². The van der Waals surface area contributed by atoms with Crippen molar-refractivity contribution in [2.75, 3.05) is 10.6 Å². The molecule has 4 atom stereocenters. The third kappa shape index (κ3) is 6.78. The van der Waals surface area contributed by atoms with E-state index in [1.165, 1.54) is 24.3 Å². The van der Waals surface area contributed by atoms with Crippen LogP contribution in [0.25, 0.3) is 0 Å². The molecule has 4 rings (SSSR count). The van der Waals surface area contributed by atoms with Crippen LogP contribution < -0.4 is 21.3 Å². The molecule has 2 aromatic carbocycles. The van der Waals surface area contributed by atoms with Crippen LogP contribution in [0.4, 0.5) is 11.4 Å². The lowest BCUT2D eigenvalue weighted by molar-refractivity contribution is -0.118. The quantitative estimate of drug-likeness (QED) is 0.266. The average molecular weight is 531 g/mol. The van der Waals surface area contributed by atoms with Crippen LogP contribution in [0.3, 0.4) is 0 Å². The second-order valence-corrected chi connectivity index (χ2v) is 11.2. The fraction of sp³-hybridized carbons (Fsp3) is 0.333. The molecule has 0 unspecified atom stereocenters. The number of hydrogen-bond acceptors (Lipinski definition) is 8. The summed E-state index contributed by atoms with van der Waals surface area (Å²) in [5.74, 6) is -2.50. The molecule has 2 aromatic rings. The molecule has 0 aromatic heterocycles. The molecular formula is C24H26N4O6S2. The van der Waals surface area contributed by atoms with Crippen molar-refractivity contribution in [3.63, 3.8) is 0 Å². The zero-order valence-electron chi connectivity index (χ0n) is 19.1. The van der Waals surface area contributed by atoms with Crippen LogP contribution >= 0.6 is 21.6 Å². The number of carboxylic acid groups (broad SMARTS) is 2. The SMILES string of the molecule is O=C(O)c1cccc(NC(=O)[C@@H]2CC[C@H](SS[C@@H]3CC[C@H](C(=O)Nc4cccc(C(=O)O)c4)N3)N2)c1. The van der Waals surface area contributed by atoms with Gasteiger partial charge in [0, 0.05) is 11.4 Å². The van der Waals surface area contributed by atoms with Crippen molar-refractivity contribution in [3.05, 3.63) is 59.7 Å². The molecule has 36 heavy (non-hydrogen) atoms. The van der Waals surface area contributed by atoms with Crippen LogP contribution in [0, 0.1) is 0 Å². The maximum absolute atomic E-state index is 12.6. The Morgan fingerprint density at radius 1 is 0.694 bits per heavy atom. The van der Waals surface area contributed by atoms with Crippen molar-refractivity contribution in [1.29, 1.82) is 0 Å². The molecule has 0 radical (unpaired) electrons. The molecule has 2 saturated heterocycles. The summed E-state index contributed by atoms with van der Waals surface area (Å²) in [6.45, 7) is 0. The molecule has 0 aliphatic carbocycles. The van der Waals surface area contributed by atoms with E-state index in [0.29, 0.717) is 24.2 Å². The van der Waals surface area contributed by atoms with Crippen LogP contribution in [0.1, 0.15) is 46.4 Å². The van der Waals surface area contributed by atoms with Gasteiger partial charge in [-0.15, -0.1) is 0 Å². The van der Waals surface area contributed by atoms with Crippen molar-refractivity contribution in [1.82, 2.24) is 10.6 Å². The maximum atomic E-state index is 12.6. The van der Waals surface area contributed by atoms with Gasteiger partial charge in [0.2, 0.25) is 11.8 Å². The molecule has 10 nitrogen and oxygen atoms in total. The first-order valence-electron chi connectivity index (χ1n) is 11.4. The third-order valence-corrected chi connectivity index (χ3v) is 8.93. The first-order valence-corrected chi connectivity index (χ1v) is 13.7. The summed E-state index contributed by atoms with van der Waals surface area (Å²) < 4.78 is 0. The third-order valence-electron chi connectivity index (χ3n) is 5.88. The Morgan fingerprint density at radius 2 is 1.11 bits per heavy atom. The number of carbonyl (C=O) groups excluding carboxylic acids is 2. The molecular weight excluding hydrogens is 504 g/mol. The van der Waals surface area contributed by atoms with Crippen molar-refractivity contribution < 1.29 is 29.4 Å². The molecule has 2 fully saturated rings. The number of rotatable bonds is 9. The number of amides is 2. The van der Waals surface area contributed by atoms with Crippen molar-refractivity contribution in [3.8, 4) is 0 Å². The van der Waals surface area contributed by atoms with E-state index in [1.54, 1.807) is 45.9 Å². The first kappa shape index (κ1) is 26.0. The summed E-state index contributed by atoms with van der Waals surface area (Å²) >= 11 is 0. The minimum absolute atomic E-state index is 0.0736. The van der Waals surface area contributed by atoms with Gasteiger partial charge >= 0.3 is 11.9 Å². The largest absolute Gasteiger partial charge is 0.478 e. The van der Waals surface area contributed by atoms with E-state index >= 15 is 0 Å². The zero-order valence-corrected chi connectivity index (χ0v) is 20.7. The van der Waals surface area contributed by atoms with Crippen LogP contribution in [0.15, 0.2) is 48.5 Å². The van der Waals surface area contributed by atoms with E-state index in [1.807, 2.05) is 0 Å². The Kier molecular flexibility index (Phi) is 8.52. The highest BCUT2D eigenvalue weighted by Gasteiger charge is 2.33.